The highest BCUT2D eigenvalue weighted by atomic mass is 32.2. The number of imide groups is 1. The molecule has 1 aromatic rings. The fourth-order valence-electron chi connectivity index (χ4n) is 2.34. The van der Waals surface area contributed by atoms with Crippen LogP contribution in [0.2, 0.25) is 0 Å². The van der Waals surface area contributed by atoms with Crippen LogP contribution in [-0.4, -0.2) is 54.9 Å². The minimum absolute atomic E-state index is 0.0849. The van der Waals surface area contributed by atoms with E-state index in [0.29, 0.717) is 42.5 Å². The van der Waals surface area contributed by atoms with Gasteiger partial charge in [0.15, 0.2) is 6.61 Å². The standard InChI is InChI=1S/C16H16N2O5S/c19-14(18-5-7-22-8-6-18)10-23-12-4-2-1-3-11(12)9-13-15(20)17-16(21)24-13/h1-4,9H,5-8,10H2,(H,17,20,21)/b13-9-. The molecule has 0 radical (unpaired) electrons. The summed E-state index contributed by atoms with van der Waals surface area (Å²) in [6, 6.07) is 7.06. The highest BCUT2D eigenvalue weighted by Gasteiger charge is 2.25. The van der Waals surface area contributed by atoms with Crippen LogP contribution in [0.3, 0.4) is 0 Å². The van der Waals surface area contributed by atoms with Gasteiger partial charge in [0.1, 0.15) is 5.75 Å². The molecule has 2 aliphatic rings. The number of rotatable bonds is 4. The molecule has 1 aromatic carbocycles. The van der Waals surface area contributed by atoms with Gasteiger partial charge in [0, 0.05) is 18.7 Å². The van der Waals surface area contributed by atoms with Crippen molar-refractivity contribution in [2.75, 3.05) is 32.9 Å². The summed E-state index contributed by atoms with van der Waals surface area (Å²) in [5, 5.41) is 1.81. The number of carbonyl (C=O) groups excluding carboxylic acids is 3. The molecule has 0 saturated carbocycles. The lowest BCUT2D eigenvalue weighted by Gasteiger charge is -2.26. The van der Waals surface area contributed by atoms with Crippen molar-refractivity contribution >= 4 is 34.9 Å². The molecule has 0 spiro atoms. The zero-order valence-electron chi connectivity index (χ0n) is 12.8. The van der Waals surface area contributed by atoms with Crippen LogP contribution in [0.4, 0.5) is 4.79 Å². The average molecular weight is 348 g/mol. The number of benzene rings is 1. The van der Waals surface area contributed by atoms with Crippen LogP contribution in [0.1, 0.15) is 5.56 Å². The number of nitrogens with zero attached hydrogens (tertiary/aromatic N) is 1. The topological polar surface area (TPSA) is 84.9 Å². The SMILES string of the molecule is O=C1NC(=O)/C(=C/c2ccccc2OCC(=O)N2CCOCC2)S1. The molecule has 3 rings (SSSR count). The van der Waals surface area contributed by atoms with E-state index in [1.807, 2.05) is 0 Å². The van der Waals surface area contributed by atoms with Crippen LogP contribution < -0.4 is 10.1 Å². The van der Waals surface area contributed by atoms with Crippen molar-refractivity contribution in [2.24, 2.45) is 0 Å². The van der Waals surface area contributed by atoms with Crippen molar-refractivity contribution in [3.63, 3.8) is 0 Å². The number of amides is 3. The molecule has 2 fully saturated rings. The van der Waals surface area contributed by atoms with E-state index in [9.17, 15) is 14.4 Å². The Morgan fingerprint density at radius 3 is 2.75 bits per heavy atom. The molecule has 0 aromatic heterocycles. The van der Waals surface area contributed by atoms with Gasteiger partial charge in [-0.25, -0.2) is 0 Å². The zero-order valence-corrected chi connectivity index (χ0v) is 13.6. The monoisotopic (exact) mass is 348 g/mol. The second-order valence-corrected chi connectivity index (χ2v) is 6.19. The van der Waals surface area contributed by atoms with Crippen molar-refractivity contribution in [2.45, 2.75) is 0 Å². The third-order valence-corrected chi connectivity index (χ3v) is 4.37. The van der Waals surface area contributed by atoms with Gasteiger partial charge in [-0.05, 0) is 23.9 Å². The van der Waals surface area contributed by atoms with Gasteiger partial charge in [-0.15, -0.1) is 0 Å². The first-order valence-corrected chi connectivity index (χ1v) is 8.27. The number of morpholine rings is 1. The van der Waals surface area contributed by atoms with Crippen molar-refractivity contribution < 1.29 is 23.9 Å². The highest BCUT2D eigenvalue weighted by Crippen LogP contribution is 2.29. The molecule has 0 atom stereocenters. The summed E-state index contributed by atoms with van der Waals surface area (Å²) < 4.78 is 10.8. The Morgan fingerprint density at radius 2 is 2.04 bits per heavy atom. The predicted octanol–water partition coefficient (Wildman–Crippen LogP) is 1.25. The van der Waals surface area contributed by atoms with Gasteiger partial charge in [0.25, 0.3) is 17.1 Å². The fraction of sp³-hybridized carbons (Fsp3) is 0.312. The van der Waals surface area contributed by atoms with Gasteiger partial charge < -0.3 is 14.4 Å². The molecule has 24 heavy (non-hydrogen) atoms. The Hall–Kier alpha value is -2.32. The Bertz CT molecular complexity index is 697. The Labute approximate surface area is 143 Å². The van der Waals surface area contributed by atoms with Crippen molar-refractivity contribution in [3.05, 3.63) is 34.7 Å². The van der Waals surface area contributed by atoms with Gasteiger partial charge in [-0.3, -0.25) is 19.7 Å². The Balaban J connectivity index is 1.68. The minimum Gasteiger partial charge on any atom is -0.483 e. The second-order valence-electron chi connectivity index (χ2n) is 5.17. The zero-order chi connectivity index (χ0) is 16.9. The van der Waals surface area contributed by atoms with E-state index in [-0.39, 0.29) is 12.5 Å². The number of nitrogens with one attached hydrogen (secondary N) is 1. The minimum atomic E-state index is -0.427. The number of carbonyl (C=O) groups is 3. The molecule has 2 heterocycles. The lowest BCUT2D eigenvalue weighted by atomic mass is 10.2. The maximum Gasteiger partial charge on any atom is 0.290 e. The Morgan fingerprint density at radius 1 is 1.29 bits per heavy atom. The van der Waals surface area contributed by atoms with E-state index >= 15 is 0 Å². The summed E-state index contributed by atoms with van der Waals surface area (Å²) in [4.78, 5) is 37.0. The molecule has 8 heteroatoms. The first-order chi connectivity index (χ1) is 11.6. The smallest absolute Gasteiger partial charge is 0.290 e. The molecule has 126 valence electrons. The van der Waals surface area contributed by atoms with E-state index in [4.69, 9.17) is 9.47 Å². The average Bonchev–Trinajstić information content (AvgIpc) is 2.92. The molecular weight excluding hydrogens is 332 g/mol. The van der Waals surface area contributed by atoms with Gasteiger partial charge in [-0.1, -0.05) is 18.2 Å². The van der Waals surface area contributed by atoms with Crippen LogP contribution >= 0.6 is 11.8 Å². The lowest BCUT2D eigenvalue weighted by molar-refractivity contribution is -0.137. The van der Waals surface area contributed by atoms with E-state index in [1.54, 1.807) is 35.2 Å². The number of thioether (sulfide) groups is 1. The molecule has 2 aliphatic heterocycles. The third kappa shape index (κ3) is 3.95. The van der Waals surface area contributed by atoms with E-state index in [2.05, 4.69) is 5.32 Å². The van der Waals surface area contributed by atoms with Crippen LogP contribution in [0.25, 0.3) is 6.08 Å². The van der Waals surface area contributed by atoms with Gasteiger partial charge in [0.2, 0.25) is 0 Å². The van der Waals surface area contributed by atoms with Crippen LogP contribution in [0.5, 0.6) is 5.75 Å². The largest absolute Gasteiger partial charge is 0.483 e. The molecular formula is C16H16N2O5S. The summed E-state index contributed by atoms with van der Waals surface area (Å²) in [7, 11) is 0. The van der Waals surface area contributed by atoms with Gasteiger partial charge >= 0.3 is 0 Å². The summed E-state index contributed by atoms with van der Waals surface area (Å²) in [5.74, 6) is -0.0486. The number of ether oxygens (including phenoxy) is 2. The lowest BCUT2D eigenvalue weighted by Crippen LogP contribution is -2.43. The van der Waals surface area contributed by atoms with Crippen molar-refractivity contribution in [1.82, 2.24) is 10.2 Å². The molecule has 3 amide bonds. The fourth-order valence-corrected chi connectivity index (χ4v) is 3.01. The normalized spacial score (nSPS) is 19.5. The maximum atomic E-state index is 12.1. The molecule has 0 aliphatic carbocycles. The quantitative estimate of drug-likeness (QED) is 0.825. The van der Waals surface area contributed by atoms with E-state index < -0.39 is 11.1 Å². The molecule has 0 bridgehead atoms. The molecule has 1 N–H and O–H groups in total. The Kier molecular flexibility index (Phi) is 5.17. The van der Waals surface area contributed by atoms with Gasteiger partial charge in [-0.2, -0.15) is 0 Å². The summed E-state index contributed by atoms with van der Waals surface area (Å²) in [6.07, 6.45) is 1.58. The number of hydrogen-bond acceptors (Lipinski definition) is 6. The first-order valence-electron chi connectivity index (χ1n) is 7.46. The van der Waals surface area contributed by atoms with Crippen LogP contribution in [-0.2, 0) is 14.3 Å². The van der Waals surface area contributed by atoms with Gasteiger partial charge in [0.05, 0.1) is 18.1 Å². The number of para-hydroxylation sites is 1. The summed E-state index contributed by atoms with van der Waals surface area (Å²) in [5.41, 5.74) is 0.639. The number of hydrogen-bond donors (Lipinski definition) is 1. The third-order valence-electron chi connectivity index (χ3n) is 3.56. The predicted molar refractivity (Wildman–Crippen MR) is 88.4 cm³/mol. The highest BCUT2D eigenvalue weighted by molar-refractivity contribution is 8.18. The van der Waals surface area contributed by atoms with E-state index in [0.717, 1.165) is 11.8 Å². The van der Waals surface area contributed by atoms with Crippen LogP contribution in [0.15, 0.2) is 29.2 Å². The van der Waals surface area contributed by atoms with Crippen LogP contribution in [0, 0.1) is 0 Å². The van der Waals surface area contributed by atoms with E-state index in [1.165, 1.54) is 0 Å². The molecule has 7 nitrogen and oxygen atoms in total. The van der Waals surface area contributed by atoms with Crippen molar-refractivity contribution in [3.8, 4) is 5.75 Å². The summed E-state index contributed by atoms with van der Waals surface area (Å²) in [6.45, 7) is 2.11. The first kappa shape index (κ1) is 16.5. The maximum absolute atomic E-state index is 12.1. The molecule has 2 saturated heterocycles. The van der Waals surface area contributed by atoms with Crippen molar-refractivity contribution in [1.29, 1.82) is 0 Å². The second kappa shape index (κ2) is 7.50. The summed E-state index contributed by atoms with van der Waals surface area (Å²) >= 11 is 0.841. The molecule has 0 unspecified atom stereocenters.